The zero-order valence-electron chi connectivity index (χ0n) is 10.5. The number of thioether (sulfide) groups is 1. The van der Waals surface area contributed by atoms with E-state index in [0.717, 1.165) is 0 Å². The highest BCUT2D eigenvalue weighted by molar-refractivity contribution is 7.99. The van der Waals surface area contributed by atoms with Gasteiger partial charge in [0.2, 0.25) is 0 Å². The summed E-state index contributed by atoms with van der Waals surface area (Å²) >= 11 is 1.62. The zero-order valence-corrected chi connectivity index (χ0v) is 11.3. The fourth-order valence-corrected chi connectivity index (χ4v) is 2.16. The number of rotatable bonds is 8. The van der Waals surface area contributed by atoms with Crippen molar-refractivity contribution < 1.29 is 14.6 Å². The normalized spacial score (nSPS) is 16.6. The van der Waals surface area contributed by atoms with Crippen molar-refractivity contribution >= 4 is 17.7 Å². The number of hydrogen-bond acceptors (Lipinski definition) is 5. The number of esters is 1. The first-order valence-electron chi connectivity index (χ1n) is 5.60. The maximum Gasteiger partial charge on any atom is 0.307 e. The summed E-state index contributed by atoms with van der Waals surface area (Å²) in [5.41, 5.74) is 0. The molecule has 0 amide bonds. The highest BCUT2D eigenvalue weighted by Gasteiger charge is 2.18. The van der Waals surface area contributed by atoms with E-state index in [0.29, 0.717) is 13.0 Å². The Morgan fingerprint density at radius 2 is 2.12 bits per heavy atom. The molecule has 0 fully saturated rings. The SMILES string of the molecule is CCOC(=O)CC(C)NC(C)C(CO)SC. The topological polar surface area (TPSA) is 58.6 Å². The first-order valence-corrected chi connectivity index (χ1v) is 6.89. The number of hydrogen-bond donors (Lipinski definition) is 2. The second-order valence-electron chi connectivity index (χ2n) is 3.82. The summed E-state index contributed by atoms with van der Waals surface area (Å²) in [6.45, 7) is 6.32. The molecular formula is C11H23NO3S. The number of carbonyl (C=O) groups excluding carboxylic acids is 1. The van der Waals surface area contributed by atoms with Gasteiger partial charge in [0.05, 0.1) is 19.6 Å². The van der Waals surface area contributed by atoms with E-state index < -0.39 is 0 Å². The van der Waals surface area contributed by atoms with Gasteiger partial charge in [0.15, 0.2) is 0 Å². The quantitative estimate of drug-likeness (QED) is 0.629. The molecule has 0 aliphatic heterocycles. The molecule has 4 nitrogen and oxygen atoms in total. The fraction of sp³-hybridized carbons (Fsp3) is 0.909. The third-order valence-electron chi connectivity index (χ3n) is 2.37. The van der Waals surface area contributed by atoms with Crippen molar-refractivity contribution in [3.63, 3.8) is 0 Å². The van der Waals surface area contributed by atoms with E-state index >= 15 is 0 Å². The first-order chi connectivity index (χ1) is 7.54. The van der Waals surface area contributed by atoms with E-state index in [1.165, 1.54) is 0 Å². The van der Waals surface area contributed by atoms with Gasteiger partial charge in [-0.25, -0.2) is 0 Å². The monoisotopic (exact) mass is 249 g/mol. The Morgan fingerprint density at radius 3 is 2.56 bits per heavy atom. The van der Waals surface area contributed by atoms with Gasteiger partial charge in [-0.15, -0.1) is 0 Å². The van der Waals surface area contributed by atoms with Crippen LogP contribution >= 0.6 is 11.8 Å². The van der Waals surface area contributed by atoms with E-state index in [-0.39, 0.29) is 29.9 Å². The highest BCUT2D eigenvalue weighted by Crippen LogP contribution is 2.11. The number of ether oxygens (including phenoxy) is 1. The van der Waals surface area contributed by atoms with Gasteiger partial charge in [0.25, 0.3) is 0 Å². The summed E-state index contributed by atoms with van der Waals surface area (Å²) in [5, 5.41) is 12.6. The lowest BCUT2D eigenvalue weighted by Crippen LogP contribution is -2.43. The molecule has 16 heavy (non-hydrogen) atoms. The molecule has 0 rings (SSSR count). The number of aliphatic hydroxyl groups excluding tert-OH is 1. The van der Waals surface area contributed by atoms with E-state index in [1.807, 2.05) is 20.1 Å². The summed E-state index contributed by atoms with van der Waals surface area (Å²) in [4.78, 5) is 11.2. The van der Waals surface area contributed by atoms with Crippen LogP contribution in [0.2, 0.25) is 0 Å². The Bertz CT molecular complexity index is 198. The van der Waals surface area contributed by atoms with Crippen LogP contribution in [0.25, 0.3) is 0 Å². The molecule has 3 atom stereocenters. The van der Waals surface area contributed by atoms with Gasteiger partial charge in [-0.3, -0.25) is 4.79 Å². The molecule has 0 aliphatic rings. The molecule has 5 heteroatoms. The maximum absolute atomic E-state index is 11.2. The average Bonchev–Trinajstić information content (AvgIpc) is 2.19. The molecular weight excluding hydrogens is 226 g/mol. The molecule has 0 aliphatic carbocycles. The molecule has 0 bridgehead atoms. The lowest BCUT2D eigenvalue weighted by Gasteiger charge is -2.24. The largest absolute Gasteiger partial charge is 0.466 e. The van der Waals surface area contributed by atoms with Crippen LogP contribution in [0.1, 0.15) is 27.2 Å². The minimum Gasteiger partial charge on any atom is -0.466 e. The van der Waals surface area contributed by atoms with Crippen molar-refractivity contribution in [3.8, 4) is 0 Å². The van der Waals surface area contributed by atoms with Crippen molar-refractivity contribution in [3.05, 3.63) is 0 Å². The molecule has 0 aromatic carbocycles. The van der Waals surface area contributed by atoms with Gasteiger partial charge in [-0.1, -0.05) is 0 Å². The Labute approximate surface area is 102 Å². The molecule has 0 saturated heterocycles. The Morgan fingerprint density at radius 1 is 1.50 bits per heavy atom. The Balaban J connectivity index is 3.93. The summed E-state index contributed by atoms with van der Waals surface area (Å²) in [6.07, 6.45) is 2.33. The van der Waals surface area contributed by atoms with Gasteiger partial charge in [-0.2, -0.15) is 11.8 Å². The van der Waals surface area contributed by atoms with Crippen LogP contribution in [-0.2, 0) is 9.53 Å². The van der Waals surface area contributed by atoms with Crippen molar-refractivity contribution in [2.24, 2.45) is 0 Å². The molecule has 0 spiro atoms. The fourth-order valence-electron chi connectivity index (χ4n) is 1.52. The van der Waals surface area contributed by atoms with Crippen molar-refractivity contribution in [1.29, 1.82) is 0 Å². The van der Waals surface area contributed by atoms with Crippen molar-refractivity contribution in [2.45, 2.75) is 44.5 Å². The molecule has 96 valence electrons. The summed E-state index contributed by atoms with van der Waals surface area (Å²) in [6, 6.07) is 0.236. The number of nitrogens with one attached hydrogen (secondary N) is 1. The minimum absolute atomic E-state index is 0.0650. The van der Waals surface area contributed by atoms with E-state index in [1.54, 1.807) is 18.7 Å². The van der Waals surface area contributed by atoms with Gasteiger partial charge in [0, 0.05) is 17.3 Å². The Kier molecular flexibility index (Phi) is 8.70. The van der Waals surface area contributed by atoms with Crippen molar-refractivity contribution in [2.75, 3.05) is 19.5 Å². The molecule has 2 N–H and O–H groups in total. The van der Waals surface area contributed by atoms with Crippen LogP contribution in [0.15, 0.2) is 0 Å². The lowest BCUT2D eigenvalue weighted by atomic mass is 10.1. The molecule has 0 radical (unpaired) electrons. The van der Waals surface area contributed by atoms with Gasteiger partial charge in [0.1, 0.15) is 0 Å². The third kappa shape index (κ3) is 6.35. The molecule has 0 heterocycles. The van der Waals surface area contributed by atoms with E-state index in [9.17, 15) is 4.79 Å². The van der Waals surface area contributed by atoms with Gasteiger partial charge < -0.3 is 15.2 Å². The van der Waals surface area contributed by atoms with Crippen molar-refractivity contribution in [1.82, 2.24) is 5.32 Å². The maximum atomic E-state index is 11.2. The molecule has 0 aromatic heterocycles. The molecule has 0 saturated carbocycles. The zero-order chi connectivity index (χ0) is 12.6. The molecule has 3 unspecified atom stereocenters. The predicted molar refractivity (Wildman–Crippen MR) is 67.7 cm³/mol. The van der Waals surface area contributed by atoms with Crippen LogP contribution in [0, 0.1) is 0 Å². The van der Waals surface area contributed by atoms with Gasteiger partial charge >= 0.3 is 5.97 Å². The van der Waals surface area contributed by atoms with Crippen LogP contribution < -0.4 is 5.32 Å². The standard InChI is InChI=1S/C11H23NO3S/c1-5-15-11(14)6-8(2)12-9(3)10(7-13)16-4/h8-10,12-13H,5-7H2,1-4H3. The Hall–Kier alpha value is -0.260. The smallest absolute Gasteiger partial charge is 0.307 e. The predicted octanol–water partition coefficient (Wildman–Crippen LogP) is 1.03. The summed E-state index contributed by atoms with van der Waals surface area (Å²) in [5.74, 6) is -0.181. The van der Waals surface area contributed by atoms with Crippen LogP contribution in [-0.4, -0.2) is 47.9 Å². The first kappa shape index (κ1) is 15.7. The highest BCUT2D eigenvalue weighted by atomic mass is 32.2. The summed E-state index contributed by atoms with van der Waals surface area (Å²) in [7, 11) is 0. The van der Waals surface area contributed by atoms with E-state index in [4.69, 9.17) is 9.84 Å². The third-order valence-corrected chi connectivity index (χ3v) is 3.53. The average molecular weight is 249 g/mol. The lowest BCUT2D eigenvalue weighted by molar-refractivity contribution is -0.143. The second kappa shape index (κ2) is 8.84. The summed E-state index contributed by atoms with van der Waals surface area (Å²) < 4.78 is 4.87. The minimum atomic E-state index is -0.181. The number of carbonyl (C=O) groups is 1. The van der Waals surface area contributed by atoms with Crippen LogP contribution in [0.4, 0.5) is 0 Å². The second-order valence-corrected chi connectivity index (χ2v) is 4.90. The molecule has 0 aromatic rings. The van der Waals surface area contributed by atoms with Crippen LogP contribution in [0.3, 0.4) is 0 Å². The van der Waals surface area contributed by atoms with Gasteiger partial charge in [-0.05, 0) is 27.0 Å². The van der Waals surface area contributed by atoms with Crippen LogP contribution in [0.5, 0.6) is 0 Å². The van der Waals surface area contributed by atoms with E-state index in [2.05, 4.69) is 5.32 Å². The number of aliphatic hydroxyl groups is 1.